The van der Waals surface area contributed by atoms with Crippen molar-refractivity contribution >= 4 is 11.8 Å². The average molecular weight is 269 g/mol. The summed E-state index contributed by atoms with van der Waals surface area (Å²) in [5, 5.41) is 0. The number of ketones is 1. The normalized spacial score (nSPS) is 33.2. The van der Waals surface area contributed by atoms with Crippen molar-refractivity contribution in [1.82, 2.24) is 4.90 Å². The smallest absolute Gasteiger partial charge is 0.314 e. The Morgan fingerprint density at radius 2 is 1.95 bits per heavy atom. The third kappa shape index (κ3) is 2.31. The number of fused-ring (bicyclic) bond motifs is 1. The van der Waals surface area contributed by atoms with Crippen LogP contribution < -0.4 is 0 Å². The molecular formula is C15H27NO3. The highest BCUT2D eigenvalue weighted by Crippen LogP contribution is 2.56. The molecule has 0 aromatic carbocycles. The fourth-order valence-electron chi connectivity index (χ4n) is 3.63. The van der Waals surface area contributed by atoms with Crippen LogP contribution in [0.4, 0.5) is 0 Å². The largest absolute Gasteiger partial charge is 0.469 e. The highest BCUT2D eigenvalue weighted by atomic mass is 16.5. The van der Waals surface area contributed by atoms with Gasteiger partial charge in [0.25, 0.3) is 0 Å². The van der Waals surface area contributed by atoms with Crippen molar-refractivity contribution < 1.29 is 14.3 Å². The van der Waals surface area contributed by atoms with E-state index in [1.54, 1.807) is 0 Å². The molecule has 0 spiro atoms. The van der Waals surface area contributed by atoms with Gasteiger partial charge < -0.3 is 9.64 Å². The molecule has 4 nitrogen and oxygen atoms in total. The summed E-state index contributed by atoms with van der Waals surface area (Å²) >= 11 is 0. The molecule has 2 rings (SSSR count). The van der Waals surface area contributed by atoms with E-state index in [0.29, 0.717) is 19.5 Å². The van der Waals surface area contributed by atoms with Crippen molar-refractivity contribution in [3.63, 3.8) is 0 Å². The summed E-state index contributed by atoms with van der Waals surface area (Å²) < 4.78 is 5.01. The number of rotatable bonds is 1. The van der Waals surface area contributed by atoms with Crippen molar-refractivity contribution in [2.24, 2.45) is 16.7 Å². The minimum atomic E-state index is -0.647. The van der Waals surface area contributed by atoms with Crippen LogP contribution in [0.25, 0.3) is 0 Å². The van der Waals surface area contributed by atoms with Crippen LogP contribution in [0.2, 0.25) is 0 Å². The third-order valence-corrected chi connectivity index (χ3v) is 4.75. The van der Waals surface area contributed by atoms with Gasteiger partial charge >= 0.3 is 5.97 Å². The second kappa shape index (κ2) is 5.61. The maximum Gasteiger partial charge on any atom is 0.314 e. The molecule has 4 heteroatoms. The van der Waals surface area contributed by atoms with Gasteiger partial charge in [0.2, 0.25) is 0 Å². The highest BCUT2D eigenvalue weighted by molar-refractivity contribution is 5.92. The monoisotopic (exact) mass is 269 g/mol. The number of likely N-dealkylation sites (tertiary alicyclic amines) is 1. The molecule has 1 heterocycles. The zero-order valence-corrected chi connectivity index (χ0v) is 13.1. The Morgan fingerprint density at radius 1 is 1.37 bits per heavy atom. The van der Waals surface area contributed by atoms with E-state index in [9.17, 15) is 9.59 Å². The number of methoxy groups -OCH3 is 1. The Hall–Kier alpha value is -0.900. The number of hydrogen-bond donors (Lipinski definition) is 0. The molecule has 2 unspecified atom stereocenters. The van der Waals surface area contributed by atoms with E-state index < -0.39 is 5.41 Å². The highest BCUT2D eigenvalue weighted by Gasteiger charge is 2.64. The van der Waals surface area contributed by atoms with Gasteiger partial charge in [-0.3, -0.25) is 9.59 Å². The Morgan fingerprint density at radius 3 is 2.47 bits per heavy atom. The lowest BCUT2D eigenvalue weighted by molar-refractivity contribution is -0.170. The van der Waals surface area contributed by atoms with E-state index in [2.05, 4.69) is 18.7 Å². The number of hydrogen-bond acceptors (Lipinski definition) is 4. The van der Waals surface area contributed by atoms with Gasteiger partial charge in [-0.15, -0.1) is 0 Å². The molecule has 0 amide bonds. The first-order valence-corrected chi connectivity index (χ1v) is 7.15. The standard InChI is InChI=1S/C13H21NO3.C2H6/c1-12(2)6-5-10(15)9-7-14(3)8-13(9,12)11(16)17-4;1-2/h9H,5-8H2,1-4H3;1-2H3. The van der Waals surface area contributed by atoms with E-state index in [1.807, 2.05) is 20.9 Å². The van der Waals surface area contributed by atoms with Crippen molar-refractivity contribution in [2.45, 2.75) is 40.5 Å². The van der Waals surface area contributed by atoms with Gasteiger partial charge in [0, 0.05) is 25.4 Å². The Bertz CT molecular complexity index is 364. The summed E-state index contributed by atoms with van der Waals surface area (Å²) in [7, 11) is 3.38. The van der Waals surface area contributed by atoms with Crippen molar-refractivity contribution in [1.29, 1.82) is 0 Å². The summed E-state index contributed by atoms with van der Waals surface area (Å²) in [4.78, 5) is 26.5. The molecule has 1 aliphatic carbocycles. The van der Waals surface area contributed by atoms with Crippen molar-refractivity contribution in [3.05, 3.63) is 0 Å². The topological polar surface area (TPSA) is 46.6 Å². The molecule has 0 radical (unpaired) electrons. The first kappa shape index (κ1) is 16.2. The molecule has 0 N–H and O–H groups in total. The van der Waals surface area contributed by atoms with Gasteiger partial charge in [0.05, 0.1) is 12.5 Å². The number of carbonyl (C=O) groups excluding carboxylic acids is 2. The number of esters is 1. The fraction of sp³-hybridized carbons (Fsp3) is 0.867. The lowest BCUT2D eigenvalue weighted by Gasteiger charge is -2.48. The Kier molecular flexibility index (Phi) is 4.77. The Labute approximate surface area is 116 Å². The van der Waals surface area contributed by atoms with E-state index in [0.717, 1.165) is 6.42 Å². The van der Waals surface area contributed by atoms with Crippen LogP contribution >= 0.6 is 0 Å². The third-order valence-electron chi connectivity index (χ3n) is 4.75. The number of ether oxygens (including phenoxy) is 1. The quantitative estimate of drug-likeness (QED) is 0.684. The van der Waals surface area contributed by atoms with Crippen LogP contribution in [0.3, 0.4) is 0 Å². The summed E-state index contributed by atoms with van der Waals surface area (Å²) in [6, 6.07) is 0. The molecule has 19 heavy (non-hydrogen) atoms. The molecule has 1 aliphatic heterocycles. The maximum absolute atomic E-state index is 12.3. The van der Waals surface area contributed by atoms with Crippen LogP contribution in [-0.4, -0.2) is 43.9 Å². The van der Waals surface area contributed by atoms with E-state index in [-0.39, 0.29) is 23.1 Å². The molecule has 2 fully saturated rings. The second-order valence-corrected chi connectivity index (χ2v) is 6.06. The van der Waals surface area contributed by atoms with E-state index >= 15 is 0 Å². The second-order valence-electron chi connectivity index (χ2n) is 6.06. The molecule has 2 aliphatic rings. The van der Waals surface area contributed by atoms with Gasteiger partial charge in [-0.1, -0.05) is 27.7 Å². The summed E-state index contributed by atoms with van der Waals surface area (Å²) in [5.41, 5.74) is -0.824. The van der Waals surface area contributed by atoms with E-state index in [1.165, 1.54) is 7.11 Å². The SMILES string of the molecule is CC.COC(=O)C12CN(C)CC1C(=O)CCC2(C)C. The first-order chi connectivity index (χ1) is 8.85. The predicted octanol–water partition coefficient (Wildman–Crippen LogP) is 2.12. The van der Waals surface area contributed by atoms with Gasteiger partial charge in [-0.05, 0) is 18.9 Å². The van der Waals surface area contributed by atoms with Crippen LogP contribution in [0.1, 0.15) is 40.5 Å². The van der Waals surface area contributed by atoms with Crippen molar-refractivity contribution in [2.75, 3.05) is 27.2 Å². The van der Waals surface area contributed by atoms with Crippen LogP contribution in [0.5, 0.6) is 0 Å². The summed E-state index contributed by atoms with van der Waals surface area (Å²) in [5.74, 6) is -0.187. The zero-order chi connectivity index (χ0) is 14.8. The Balaban J connectivity index is 0.000000861. The molecule has 2 atom stereocenters. The summed E-state index contributed by atoms with van der Waals surface area (Å²) in [6.07, 6.45) is 1.36. The summed E-state index contributed by atoms with van der Waals surface area (Å²) in [6.45, 7) is 9.48. The zero-order valence-electron chi connectivity index (χ0n) is 13.1. The van der Waals surface area contributed by atoms with Gasteiger partial charge in [-0.25, -0.2) is 0 Å². The fourth-order valence-corrected chi connectivity index (χ4v) is 3.63. The minimum Gasteiger partial charge on any atom is -0.469 e. The lowest BCUT2D eigenvalue weighted by atomic mass is 9.54. The van der Waals surface area contributed by atoms with Gasteiger partial charge in [-0.2, -0.15) is 0 Å². The lowest BCUT2D eigenvalue weighted by Crippen LogP contribution is -2.56. The first-order valence-electron chi connectivity index (χ1n) is 7.15. The number of Topliss-reactive ketones (excluding diaryl/α,β-unsaturated/α-hetero) is 1. The van der Waals surface area contributed by atoms with Crippen LogP contribution in [0.15, 0.2) is 0 Å². The van der Waals surface area contributed by atoms with Gasteiger partial charge in [0.15, 0.2) is 0 Å². The number of nitrogens with zero attached hydrogens (tertiary/aromatic N) is 1. The van der Waals surface area contributed by atoms with E-state index in [4.69, 9.17) is 4.74 Å². The minimum absolute atomic E-state index is 0.177. The molecular weight excluding hydrogens is 242 g/mol. The van der Waals surface area contributed by atoms with Crippen LogP contribution in [0, 0.1) is 16.7 Å². The molecule has 0 aromatic heterocycles. The molecule has 110 valence electrons. The number of carbonyl (C=O) groups is 2. The molecule has 1 saturated carbocycles. The van der Waals surface area contributed by atoms with Gasteiger partial charge in [0.1, 0.15) is 5.78 Å². The maximum atomic E-state index is 12.3. The molecule has 1 saturated heterocycles. The van der Waals surface area contributed by atoms with Crippen molar-refractivity contribution in [3.8, 4) is 0 Å². The average Bonchev–Trinajstić information content (AvgIpc) is 2.76. The molecule has 0 aromatic rings. The predicted molar refractivity (Wildman–Crippen MR) is 74.8 cm³/mol. The molecule has 0 bridgehead atoms. The van der Waals surface area contributed by atoms with Crippen LogP contribution in [-0.2, 0) is 14.3 Å².